The first kappa shape index (κ1) is 16.9. The molecule has 2 amide bonds. The van der Waals surface area contributed by atoms with Crippen LogP contribution in [0.25, 0.3) is 0 Å². The fourth-order valence-electron chi connectivity index (χ4n) is 4.48. The van der Waals surface area contributed by atoms with Crippen molar-refractivity contribution in [3.63, 3.8) is 0 Å². The van der Waals surface area contributed by atoms with E-state index in [2.05, 4.69) is 45.4 Å². The summed E-state index contributed by atoms with van der Waals surface area (Å²) in [5, 5.41) is 3.33. The molecular formula is C21H31N3O. The molecule has 1 heterocycles. The number of carbonyl (C=O) groups is 1. The van der Waals surface area contributed by atoms with Crippen molar-refractivity contribution in [1.29, 1.82) is 0 Å². The maximum atomic E-state index is 13.0. The molecule has 0 bridgehead atoms. The number of carbonyl (C=O) groups excluding carboxylic acids is 1. The van der Waals surface area contributed by atoms with E-state index in [0.717, 1.165) is 44.9 Å². The van der Waals surface area contributed by atoms with E-state index in [1.165, 1.54) is 37.7 Å². The van der Waals surface area contributed by atoms with E-state index in [1.54, 1.807) is 0 Å². The second-order valence-corrected chi connectivity index (χ2v) is 8.05. The van der Waals surface area contributed by atoms with Gasteiger partial charge in [-0.15, -0.1) is 0 Å². The maximum absolute atomic E-state index is 13.0. The molecule has 1 aromatic rings. The van der Waals surface area contributed by atoms with Gasteiger partial charge in [-0.3, -0.25) is 4.90 Å². The molecule has 1 atom stereocenters. The summed E-state index contributed by atoms with van der Waals surface area (Å²) in [4.78, 5) is 17.7. The largest absolute Gasteiger partial charge is 0.335 e. The number of hydrogen-bond acceptors (Lipinski definition) is 2. The Morgan fingerprint density at radius 3 is 2.48 bits per heavy atom. The summed E-state index contributed by atoms with van der Waals surface area (Å²) in [6, 6.07) is 12.3. The molecule has 4 rings (SSSR count). The lowest BCUT2D eigenvalue weighted by Crippen LogP contribution is -2.59. The zero-order valence-electron chi connectivity index (χ0n) is 15.2. The van der Waals surface area contributed by atoms with Gasteiger partial charge in [0.25, 0.3) is 0 Å². The summed E-state index contributed by atoms with van der Waals surface area (Å²) in [6.45, 7) is 2.93. The molecule has 1 saturated heterocycles. The molecule has 4 heteroatoms. The first-order valence-corrected chi connectivity index (χ1v) is 10.1. The summed E-state index contributed by atoms with van der Waals surface area (Å²) in [5.74, 6) is 0. The smallest absolute Gasteiger partial charge is 0.317 e. The number of nitrogens with one attached hydrogen (secondary N) is 1. The summed E-state index contributed by atoms with van der Waals surface area (Å²) < 4.78 is 0. The van der Waals surface area contributed by atoms with E-state index in [4.69, 9.17) is 0 Å². The van der Waals surface area contributed by atoms with E-state index in [1.807, 2.05) is 0 Å². The first-order valence-electron chi connectivity index (χ1n) is 10.1. The monoisotopic (exact) mass is 341 g/mol. The summed E-state index contributed by atoms with van der Waals surface area (Å²) in [7, 11) is 0. The van der Waals surface area contributed by atoms with Crippen molar-refractivity contribution in [2.24, 2.45) is 0 Å². The van der Waals surface area contributed by atoms with E-state index < -0.39 is 0 Å². The molecule has 3 aliphatic rings. The normalized spacial score (nSPS) is 25.8. The minimum Gasteiger partial charge on any atom is -0.335 e. The number of urea groups is 1. The minimum atomic E-state index is 0.170. The van der Waals surface area contributed by atoms with Crippen LogP contribution < -0.4 is 5.32 Å². The Labute approximate surface area is 151 Å². The molecule has 1 aliphatic heterocycles. The second kappa shape index (κ2) is 7.77. The van der Waals surface area contributed by atoms with Gasteiger partial charge < -0.3 is 10.2 Å². The molecule has 3 fully saturated rings. The standard InChI is InChI=1S/C21H31N3O/c25-21(22-18-9-5-2-6-10-18)24-14-13-23(19-11-12-19)16-20(24)15-17-7-3-1-4-8-17/h1,3-4,7-8,18-20H,2,5-6,9-16H2,(H,22,25). The Morgan fingerprint density at radius 1 is 1.00 bits per heavy atom. The lowest BCUT2D eigenvalue weighted by atomic mass is 9.95. The zero-order chi connectivity index (χ0) is 17.1. The highest BCUT2D eigenvalue weighted by atomic mass is 16.2. The van der Waals surface area contributed by atoms with Crippen LogP contribution in [-0.2, 0) is 6.42 Å². The maximum Gasteiger partial charge on any atom is 0.317 e. The number of piperazine rings is 1. The third kappa shape index (κ3) is 4.35. The van der Waals surface area contributed by atoms with Crippen LogP contribution in [-0.4, -0.2) is 53.6 Å². The van der Waals surface area contributed by atoms with Crippen LogP contribution in [0.15, 0.2) is 30.3 Å². The molecule has 1 N–H and O–H groups in total. The van der Waals surface area contributed by atoms with Crippen molar-refractivity contribution in [2.45, 2.75) is 69.5 Å². The lowest BCUT2D eigenvalue weighted by molar-refractivity contribution is 0.0870. The van der Waals surface area contributed by atoms with Crippen molar-refractivity contribution >= 4 is 6.03 Å². The van der Waals surface area contributed by atoms with Crippen LogP contribution in [0.1, 0.15) is 50.5 Å². The van der Waals surface area contributed by atoms with Crippen molar-refractivity contribution in [2.75, 3.05) is 19.6 Å². The van der Waals surface area contributed by atoms with Crippen LogP contribution in [0.5, 0.6) is 0 Å². The Hall–Kier alpha value is -1.55. The molecule has 0 radical (unpaired) electrons. The zero-order valence-corrected chi connectivity index (χ0v) is 15.2. The van der Waals surface area contributed by atoms with E-state index >= 15 is 0 Å². The van der Waals surface area contributed by atoms with Crippen LogP contribution in [0.3, 0.4) is 0 Å². The fraction of sp³-hybridized carbons (Fsp3) is 0.667. The lowest BCUT2D eigenvalue weighted by Gasteiger charge is -2.42. The number of benzene rings is 1. The Bertz CT molecular complexity index is 566. The van der Waals surface area contributed by atoms with Gasteiger partial charge in [-0.2, -0.15) is 0 Å². The average molecular weight is 341 g/mol. The second-order valence-electron chi connectivity index (χ2n) is 8.05. The molecule has 1 unspecified atom stereocenters. The Morgan fingerprint density at radius 2 is 1.76 bits per heavy atom. The first-order chi connectivity index (χ1) is 12.3. The molecule has 4 nitrogen and oxygen atoms in total. The van der Waals surface area contributed by atoms with Crippen LogP contribution in [0.4, 0.5) is 4.79 Å². The molecule has 1 aromatic carbocycles. The van der Waals surface area contributed by atoms with Gasteiger partial charge in [-0.1, -0.05) is 49.6 Å². The van der Waals surface area contributed by atoms with Gasteiger partial charge in [0.1, 0.15) is 0 Å². The minimum absolute atomic E-state index is 0.170. The number of nitrogens with zero attached hydrogens (tertiary/aromatic N) is 2. The van der Waals surface area contributed by atoms with Crippen molar-refractivity contribution in [1.82, 2.24) is 15.1 Å². The molecule has 25 heavy (non-hydrogen) atoms. The summed E-state index contributed by atoms with van der Waals surface area (Å²) in [6.07, 6.45) is 9.78. The van der Waals surface area contributed by atoms with Gasteiger partial charge in [0.2, 0.25) is 0 Å². The fourth-order valence-corrected chi connectivity index (χ4v) is 4.48. The molecule has 2 saturated carbocycles. The van der Waals surface area contributed by atoms with Gasteiger partial charge in [-0.05, 0) is 37.7 Å². The molecular weight excluding hydrogens is 310 g/mol. The molecule has 0 spiro atoms. The van der Waals surface area contributed by atoms with Gasteiger partial charge in [0.15, 0.2) is 0 Å². The third-order valence-electron chi connectivity index (χ3n) is 6.09. The van der Waals surface area contributed by atoms with Crippen LogP contribution >= 0.6 is 0 Å². The topological polar surface area (TPSA) is 35.6 Å². The predicted octanol–water partition coefficient (Wildman–Crippen LogP) is 3.42. The highest BCUT2D eigenvalue weighted by Gasteiger charge is 2.37. The van der Waals surface area contributed by atoms with E-state index in [-0.39, 0.29) is 6.03 Å². The van der Waals surface area contributed by atoms with Gasteiger partial charge >= 0.3 is 6.03 Å². The highest BCUT2D eigenvalue weighted by molar-refractivity contribution is 5.75. The number of hydrogen-bond donors (Lipinski definition) is 1. The van der Waals surface area contributed by atoms with Crippen LogP contribution in [0, 0.1) is 0 Å². The van der Waals surface area contributed by atoms with Crippen molar-refractivity contribution in [3.05, 3.63) is 35.9 Å². The predicted molar refractivity (Wildman–Crippen MR) is 101 cm³/mol. The Kier molecular flexibility index (Phi) is 5.25. The highest BCUT2D eigenvalue weighted by Crippen LogP contribution is 2.29. The van der Waals surface area contributed by atoms with Crippen LogP contribution in [0.2, 0.25) is 0 Å². The molecule has 136 valence electrons. The SMILES string of the molecule is O=C(NC1CCCCC1)N1CCN(C2CC2)CC1Cc1ccccc1. The average Bonchev–Trinajstić information content (AvgIpc) is 3.48. The van der Waals surface area contributed by atoms with Crippen molar-refractivity contribution < 1.29 is 4.79 Å². The van der Waals surface area contributed by atoms with Crippen molar-refractivity contribution in [3.8, 4) is 0 Å². The summed E-state index contributed by atoms with van der Waals surface area (Å²) in [5.41, 5.74) is 1.33. The van der Waals surface area contributed by atoms with E-state index in [0.29, 0.717) is 12.1 Å². The number of amides is 2. The molecule has 2 aliphatic carbocycles. The van der Waals surface area contributed by atoms with Gasteiger partial charge in [0, 0.05) is 31.7 Å². The van der Waals surface area contributed by atoms with E-state index in [9.17, 15) is 4.79 Å². The Balaban J connectivity index is 1.42. The quantitative estimate of drug-likeness (QED) is 0.911. The molecule has 0 aromatic heterocycles. The van der Waals surface area contributed by atoms with Gasteiger partial charge in [-0.25, -0.2) is 4.79 Å². The number of rotatable bonds is 4. The van der Waals surface area contributed by atoms with Gasteiger partial charge in [0.05, 0.1) is 6.04 Å². The summed E-state index contributed by atoms with van der Waals surface area (Å²) >= 11 is 0. The third-order valence-corrected chi connectivity index (χ3v) is 6.09.